The summed E-state index contributed by atoms with van der Waals surface area (Å²) in [6.45, 7) is 3.76. The lowest BCUT2D eigenvalue weighted by atomic mass is 10.0. The molecule has 1 unspecified atom stereocenters. The number of hydrogen-bond acceptors (Lipinski definition) is 5. The second-order valence-corrected chi connectivity index (χ2v) is 5.61. The predicted molar refractivity (Wildman–Crippen MR) is 74.6 cm³/mol. The van der Waals surface area contributed by atoms with E-state index in [1.165, 1.54) is 18.4 Å². The van der Waals surface area contributed by atoms with Crippen LogP contribution in [0.3, 0.4) is 0 Å². The number of rotatable bonds is 6. The molecule has 0 bridgehead atoms. The van der Waals surface area contributed by atoms with E-state index >= 15 is 0 Å². The summed E-state index contributed by atoms with van der Waals surface area (Å²) < 4.78 is 4.65. The Hall–Kier alpha value is -1.40. The van der Waals surface area contributed by atoms with E-state index in [9.17, 15) is 9.59 Å². The van der Waals surface area contributed by atoms with E-state index in [2.05, 4.69) is 10.1 Å². The summed E-state index contributed by atoms with van der Waals surface area (Å²) in [5, 5.41) is 4.71. The van der Waals surface area contributed by atoms with Crippen molar-refractivity contribution in [1.82, 2.24) is 5.32 Å². The Kier molecular flexibility index (Phi) is 5.98. The van der Waals surface area contributed by atoms with Crippen LogP contribution in [0, 0.1) is 5.92 Å². The molecule has 0 fully saturated rings. The normalized spacial score (nSPS) is 13.9. The van der Waals surface area contributed by atoms with Crippen LogP contribution in [0.1, 0.15) is 31.2 Å². The third-order valence-corrected chi connectivity index (χ3v) is 3.81. The van der Waals surface area contributed by atoms with Crippen molar-refractivity contribution in [2.45, 2.75) is 32.4 Å². The average Bonchev–Trinajstić information content (AvgIpc) is 2.90. The predicted octanol–water partition coefficient (Wildman–Crippen LogP) is 1.45. The van der Waals surface area contributed by atoms with Gasteiger partial charge in [-0.15, -0.1) is 11.3 Å². The van der Waals surface area contributed by atoms with Crippen LogP contribution in [0.25, 0.3) is 0 Å². The van der Waals surface area contributed by atoms with Crippen molar-refractivity contribution < 1.29 is 14.3 Å². The number of hydrogen-bond donors (Lipinski definition) is 2. The van der Waals surface area contributed by atoms with Gasteiger partial charge in [0.1, 0.15) is 0 Å². The van der Waals surface area contributed by atoms with E-state index < -0.39 is 6.04 Å². The quantitative estimate of drug-likeness (QED) is 0.775. The molecule has 0 aliphatic rings. The molecule has 0 aromatic carbocycles. The van der Waals surface area contributed by atoms with Gasteiger partial charge in [0.05, 0.1) is 25.6 Å². The minimum Gasteiger partial charge on any atom is -0.469 e. The molecule has 106 valence electrons. The zero-order valence-corrected chi connectivity index (χ0v) is 12.2. The standard InChI is InChI=1S/C13H20N2O3S/c1-8(2)12(14)13(17)15-9(7-11(16)18-3)10-5-4-6-19-10/h4-6,8-9,12H,7,14H2,1-3H3,(H,15,17)/t9?,12-/m1/s1. The molecule has 5 nitrogen and oxygen atoms in total. The maximum Gasteiger partial charge on any atom is 0.307 e. The van der Waals surface area contributed by atoms with Gasteiger partial charge < -0.3 is 15.8 Å². The van der Waals surface area contributed by atoms with Crippen molar-refractivity contribution in [2.75, 3.05) is 7.11 Å². The fourth-order valence-electron chi connectivity index (χ4n) is 1.53. The number of esters is 1. The van der Waals surface area contributed by atoms with Crippen LogP contribution in [0.2, 0.25) is 0 Å². The Labute approximate surface area is 117 Å². The van der Waals surface area contributed by atoms with E-state index in [-0.39, 0.29) is 30.3 Å². The van der Waals surface area contributed by atoms with Crippen LogP contribution in [0.5, 0.6) is 0 Å². The van der Waals surface area contributed by atoms with E-state index in [4.69, 9.17) is 5.73 Å². The minimum atomic E-state index is -0.583. The van der Waals surface area contributed by atoms with Crippen molar-refractivity contribution in [2.24, 2.45) is 11.7 Å². The van der Waals surface area contributed by atoms with Crippen LogP contribution < -0.4 is 11.1 Å². The van der Waals surface area contributed by atoms with E-state index in [0.29, 0.717) is 0 Å². The lowest BCUT2D eigenvalue weighted by Crippen LogP contribution is -2.45. The lowest BCUT2D eigenvalue weighted by molar-refractivity contribution is -0.141. The summed E-state index contributed by atoms with van der Waals surface area (Å²) in [7, 11) is 1.33. The molecule has 1 amide bonds. The molecule has 0 radical (unpaired) electrons. The van der Waals surface area contributed by atoms with E-state index in [1.54, 1.807) is 0 Å². The molecule has 0 aliphatic carbocycles. The van der Waals surface area contributed by atoms with Gasteiger partial charge in [0, 0.05) is 4.88 Å². The minimum absolute atomic E-state index is 0.0436. The number of carbonyl (C=O) groups excluding carboxylic acids is 2. The highest BCUT2D eigenvalue weighted by Gasteiger charge is 2.24. The highest BCUT2D eigenvalue weighted by Crippen LogP contribution is 2.22. The molecule has 3 N–H and O–H groups in total. The largest absolute Gasteiger partial charge is 0.469 e. The van der Waals surface area contributed by atoms with Crippen LogP contribution >= 0.6 is 11.3 Å². The number of thiophene rings is 1. The number of carbonyl (C=O) groups is 2. The molecule has 0 saturated carbocycles. The zero-order valence-electron chi connectivity index (χ0n) is 11.4. The van der Waals surface area contributed by atoms with Crippen molar-refractivity contribution in [1.29, 1.82) is 0 Å². The van der Waals surface area contributed by atoms with Crippen LogP contribution in [0.4, 0.5) is 0 Å². The van der Waals surface area contributed by atoms with Crippen LogP contribution in [-0.4, -0.2) is 25.0 Å². The van der Waals surface area contributed by atoms with Crippen LogP contribution in [0.15, 0.2) is 17.5 Å². The molecule has 1 aromatic heterocycles. The van der Waals surface area contributed by atoms with Crippen molar-refractivity contribution >= 4 is 23.2 Å². The van der Waals surface area contributed by atoms with E-state index in [1.807, 2.05) is 31.4 Å². The Balaban J connectivity index is 2.75. The number of amides is 1. The third-order valence-electron chi connectivity index (χ3n) is 2.82. The highest BCUT2D eigenvalue weighted by atomic mass is 32.1. The molecule has 0 saturated heterocycles. The van der Waals surface area contributed by atoms with Gasteiger partial charge in [0.2, 0.25) is 5.91 Å². The number of nitrogens with one attached hydrogen (secondary N) is 1. The molecular formula is C13H20N2O3S. The third kappa shape index (κ3) is 4.65. The fourth-order valence-corrected chi connectivity index (χ4v) is 2.31. The molecule has 0 spiro atoms. The van der Waals surface area contributed by atoms with Gasteiger partial charge in [0.25, 0.3) is 0 Å². The highest BCUT2D eigenvalue weighted by molar-refractivity contribution is 7.10. The monoisotopic (exact) mass is 284 g/mol. The molecule has 2 atom stereocenters. The second kappa shape index (κ2) is 7.25. The molecule has 1 aromatic rings. The van der Waals surface area contributed by atoms with Gasteiger partial charge in [-0.3, -0.25) is 9.59 Å². The lowest BCUT2D eigenvalue weighted by Gasteiger charge is -2.21. The van der Waals surface area contributed by atoms with E-state index in [0.717, 1.165) is 4.88 Å². The summed E-state index contributed by atoms with van der Waals surface area (Å²) in [6.07, 6.45) is 0.105. The molecule has 1 heterocycles. The summed E-state index contributed by atoms with van der Waals surface area (Å²) in [5.41, 5.74) is 5.80. The summed E-state index contributed by atoms with van der Waals surface area (Å²) in [5.74, 6) is -0.573. The number of ether oxygens (including phenoxy) is 1. The first-order valence-electron chi connectivity index (χ1n) is 6.11. The van der Waals surface area contributed by atoms with Gasteiger partial charge >= 0.3 is 5.97 Å². The topological polar surface area (TPSA) is 81.4 Å². The number of nitrogens with two attached hydrogens (primary N) is 1. The Morgan fingerprint density at radius 2 is 2.16 bits per heavy atom. The van der Waals surface area contributed by atoms with Gasteiger partial charge in [-0.1, -0.05) is 19.9 Å². The molecular weight excluding hydrogens is 264 g/mol. The van der Waals surface area contributed by atoms with Crippen molar-refractivity contribution in [3.05, 3.63) is 22.4 Å². The van der Waals surface area contributed by atoms with Crippen LogP contribution in [-0.2, 0) is 14.3 Å². The molecule has 0 aliphatic heterocycles. The van der Waals surface area contributed by atoms with Gasteiger partial charge in [-0.05, 0) is 17.4 Å². The molecule has 1 rings (SSSR count). The zero-order chi connectivity index (χ0) is 14.4. The first-order valence-corrected chi connectivity index (χ1v) is 6.99. The summed E-state index contributed by atoms with van der Waals surface area (Å²) in [6, 6.07) is 2.78. The molecule has 19 heavy (non-hydrogen) atoms. The fraction of sp³-hybridized carbons (Fsp3) is 0.538. The first kappa shape index (κ1) is 15.7. The maximum absolute atomic E-state index is 12.0. The second-order valence-electron chi connectivity index (χ2n) is 4.63. The van der Waals surface area contributed by atoms with Crippen molar-refractivity contribution in [3.8, 4) is 0 Å². The SMILES string of the molecule is COC(=O)CC(NC(=O)[C@H](N)C(C)C)c1cccs1. The van der Waals surface area contributed by atoms with Gasteiger partial charge in [0.15, 0.2) is 0 Å². The Morgan fingerprint density at radius 3 is 2.63 bits per heavy atom. The Morgan fingerprint density at radius 1 is 1.47 bits per heavy atom. The van der Waals surface area contributed by atoms with Gasteiger partial charge in [-0.25, -0.2) is 0 Å². The molecule has 6 heteroatoms. The van der Waals surface area contributed by atoms with Gasteiger partial charge in [-0.2, -0.15) is 0 Å². The Bertz CT molecular complexity index is 418. The average molecular weight is 284 g/mol. The first-order chi connectivity index (χ1) is 8.95. The summed E-state index contributed by atoms with van der Waals surface area (Å²) in [4.78, 5) is 24.3. The maximum atomic E-state index is 12.0. The number of methoxy groups -OCH3 is 1. The van der Waals surface area contributed by atoms with Crippen molar-refractivity contribution in [3.63, 3.8) is 0 Å². The smallest absolute Gasteiger partial charge is 0.307 e. The summed E-state index contributed by atoms with van der Waals surface area (Å²) >= 11 is 1.48.